The third-order valence-corrected chi connectivity index (χ3v) is 2.00. The van der Waals surface area contributed by atoms with Crippen molar-refractivity contribution < 1.29 is 27.5 Å². The highest BCUT2D eigenvalue weighted by molar-refractivity contribution is 7.88. The van der Waals surface area contributed by atoms with Crippen LogP contribution in [0.3, 0.4) is 0 Å². The second-order valence-electron chi connectivity index (χ2n) is 2.69. The van der Waals surface area contributed by atoms with Crippen LogP contribution in [0.5, 0.6) is 0 Å². The van der Waals surface area contributed by atoms with Gasteiger partial charge in [0.2, 0.25) is 10.0 Å². The summed E-state index contributed by atoms with van der Waals surface area (Å²) in [4.78, 5) is 21.5. The minimum atomic E-state index is -3.29. The van der Waals surface area contributed by atoms with Gasteiger partial charge in [-0.3, -0.25) is 0 Å². The molecular weight excluding hydrogens is 238 g/mol. The molecule has 0 saturated carbocycles. The normalized spacial score (nSPS) is 11.4. The molecule has 92 valence electrons. The molecule has 8 heteroatoms. The van der Waals surface area contributed by atoms with Crippen LogP contribution in [0.25, 0.3) is 0 Å². The van der Waals surface area contributed by atoms with Crippen molar-refractivity contribution in [3.63, 3.8) is 0 Å². The van der Waals surface area contributed by atoms with Crippen LogP contribution in [-0.4, -0.2) is 46.9 Å². The fourth-order valence-corrected chi connectivity index (χ4v) is 1.09. The van der Waals surface area contributed by atoms with Gasteiger partial charge < -0.3 is 9.47 Å². The van der Waals surface area contributed by atoms with E-state index in [1.165, 1.54) is 7.11 Å². The fourth-order valence-electron chi connectivity index (χ4n) is 0.631. The first-order valence-electron chi connectivity index (χ1n) is 4.22. The topological polar surface area (TPSA) is 98.8 Å². The van der Waals surface area contributed by atoms with Crippen molar-refractivity contribution in [2.75, 3.05) is 26.5 Å². The number of carbonyl (C=O) groups excluding carboxylic acids is 2. The molecule has 7 nitrogen and oxygen atoms in total. The molecule has 0 atom stereocenters. The summed E-state index contributed by atoms with van der Waals surface area (Å²) >= 11 is 0. The highest BCUT2D eigenvalue weighted by Gasteiger charge is 2.02. The van der Waals surface area contributed by atoms with Crippen LogP contribution >= 0.6 is 0 Å². The number of carbonyl (C=O) groups is 2. The molecule has 1 N–H and O–H groups in total. The number of ether oxygens (including phenoxy) is 2. The Bertz CT molecular complexity index is 372. The number of nitrogens with one attached hydrogen (secondary N) is 1. The van der Waals surface area contributed by atoms with Crippen LogP contribution in [0, 0.1) is 0 Å². The molecule has 0 fully saturated rings. The Morgan fingerprint density at radius 2 is 1.81 bits per heavy atom. The number of sulfonamides is 1. The molecule has 0 unspecified atom stereocenters. The largest absolute Gasteiger partial charge is 0.466 e. The third kappa shape index (κ3) is 9.16. The van der Waals surface area contributed by atoms with E-state index in [0.717, 1.165) is 18.4 Å². The molecule has 0 radical (unpaired) electrons. The summed E-state index contributed by atoms with van der Waals surface area (Å²) in [6.07, 6.45) is 2.80. The van der Waals surface area contributed by atoms with E-state index in [2.05, 4.69) is 14.2 Å². The first-order valence-corrected chi connectivity index (χ1v) is 6.11. The summed E-state index contributed by atoms with van der Waals surface area (Å²) in [5.74, 6) is -1.42. The average Bonchev–Trinajstić information content (AvgIpc) is 2.19. The Balaban J connectivity index is 3.75. The van der Waals surface area contributed by atoms with E-state index in [0.29, 0.717) is 0 Å². The Kier molecular flexibility index (Phi) is 6.35. The van der Waals surface area contributed by atoms with E-state index in [1.807, 2.05) is 0 Å². The van der Waals surface area contributed by atoms with Crippen LogP contribution in [0.15, 0.2) is 12.2 Å². The number of hydrogen-bond acceptors (Lipinski definition) is 6. The van der Waals surface area contributed by atoms with E-state index in [9.17, 15) is 18.0 Å². The second-order valence-corrected chi connectivity index (χ2v) is 4.52. The van der Waals surface area contributed by atoms with Crippen LogP contribution in [0.1, 0.15) is 0 Å². The van der Waals surface area contributed by atoms with Crippen molar-refractivity contribution >= 4 is 22.0 Å². The Morgan fingerprint density at radius 3 is 2.31 bits per heavy atom. The zero-order valence-electron chi connectivity index (χ0n) is 8.93. The summed E-state index contributed by atoms with van der Waals surface area (Å²) < 4.78 is 32.2. The molecule has 0 spiro atoms. The lowest BCUT2D eigenvalue weighted by Crippen LogP contribution is -2.26. The van der Waals surface area contributed by atoms with E-state index < -0.39 is 22.0 Å². The molecule has 0 aromatic heterocycles. The van der Waals surface area contributed by atoms with Crippen molar-refractivity contribution in [3.8, 4) is 0 Å². The molecule has 0 aliphatic heterocycles. The molecule has 0 heterocycles. The van der Waals surface area contributed by atoms with E-state index >= 15 is 0 Å². The van der Waals surface area contributed by atoms with Crippen LogP contribution in [0.2, 0.25) is 0 Å². The van der Waals surface area contributed by atoms with E-state index in [1.54, 1.807) is 0 Å². The maximum absolute atomic E-state index is 10.9. The monoisotopic (exact) mass is 251 g/mol. The van der Waals surface area contributed by atoms with Gasteiger partial charge in [-0.05, 0) is 0 Å². The summed E-state index contributed by atoms with van der Waals surface area (Å²) in [6.45, 7) is -0.131. The molecule has 0 rings (SSSR count). The SMILES string of the molecule is COC(=O)C=CC(=O)OCCNS(C)(=O)=O. The lowest BCUT2D eigenvalue weighted by Gasteiger charge is -2.02. The second kappa shape index (κ2) is 6.96. The van der Waals surface area contributed by atoms with Gasteiger partial charge in [-0.15, -0.1) is 0 Å². The molecule has 0 aromatic carbocycles. The zero-order chi connectivity index (χ0) is 12.6. The number of esters is 2. The van der Waals surface area contributed by atoms with Gasteiger partial charge in [0, 0.05) is 18.7 Å². The minimum absolute atomic E-state index is 0.0172. The van der Waals surface area contributed by atoms with Gasteiger partial charge >= 0.3 is 11.9 Å². The molecular formula is C8H13NO6S. The quantitative estimate of drug-likeness (QED) is 0.362. The molecule has 0 amide bonds. The van der Waals surface area contributed by atoms with Gasteiger partial charge in [0.15, 0.2) is 0 Å². The van der Waals surface area contributed by atoms with Crippen LogP contribution < -0.4 is 4.72 Å². The van der Waals surface area contributed by atoms with E-state index in [4.69, 9.17) is 0 Å². The number of methoxy groups -OCH3 is 1. The molecule has 0 aliphatic carbocycles. The molecule has 0 aliphatic rings. The summed E-state index contributed by atoms with van der Waals surface area (Å²) in [5.41, 5.74) is 0. The predicted molar refractivity (Wildman–Crippen MR) is 55.0 cm³/mol. The van der Waals surface area contributed by atoms with Gasteiger partial charge in [0.25, 0.3) is 0 Å². The predicted octanol–water partition coefficient (Wildman–Crippen LogP) is -1.19. The lowest BCUT2D eigenvalue weighted by molar-refractivity contribution is -0.139. The van der Waals surface area contributed by atoms with Crippen molar-refractivity contribution in [2.24, 2.45) is 0 Å². The van der Waals surface area contributed by atoms with Crippen molar-refractivity contribution in [3.05, 3.63) is 12.2 Å². The van der Waals surface area contributed by atoms with Gasteiger partial charge in [-0.25, -0.2) is 22.7 Å². The van der Waals surface area contributed by atoms with Gasteiger partial charge in [0.1, 0.15) is 6.61 Å². The Labute approximate surface area is 93.5 Å². The first kappa shape index (κ1) is 14.6. The van der Waals surface area contributed by atoms with Gasteiger partial charge in [0.05, 0.1) is 13.4 Å². The van der Waals surface area contributed by atoms with Crippen molar-refractivity contribution in [2.45, 2.75) is 0 Å². The number of hydrogen-bond donors (Lipinski definition) is 1. The van der Waals surface area contributed by atoms with Crippen LogP contribution in [0.4, 0.5) is 0 Å². The maximum Gasteiger partial charge on any atom is 0.331 e. The summed E-state index contributed by atoms with van der Waals surface area (Å²) in [7, 11) is -2.11. The maximum atomic E-state index is 10.9. The minimum Gasteiger partial charge on any atom is -0.466 e. The smallest absolute Gasteiger partial charge is 0.331 e. The number of rotatable bonds is 6. The first-order chi connectivity index (χ1) is 7.35. The van der Waals surface area contributed by atoms with Gasteiger partial charge in [-0.2, -0.15) is 0 Å². The Morgan fingerprint density at radius 1 is 1.25 bits per heavy atom. The fraction of sp³-hybridized carbons (Fsp3) is 0.500. The molecule has 0 saturated heterocycles. The van der Waals surface area contributed by atoms with Gasteiger partial charge in [-0.1, -0.05) is 0 Å². The zero-order valence-corrected chi connectivity index (χ0v) is 9.74. The molecule has 0 bridgehead atoms. The third-order valence-electron chi connectivity index (χ3n) is 1.27. The highest BCUT2D eigenvalue weighted by Crippen LogP contribution is 1.84. The summed E-state index contributed by atoms with van der Waals surface area (Å²) in [5, 5.41) is 0. The molecule has 16 heavy (non-hydrogen) atoms. The van der Waals surface area contributed by atoms with Crippen molar-refractivity contribution in [1.29, 1.82) is 0 Å². The highest BCUT2D eigenvalue weighted by atomic mass is 32.2. The van der Waals surface area contributed by atoms with Crippen LogP contribution in [-0.2, 0) is 29.1 Å². The molecule has 0 aromatic rings. The standard InChI is InChI=1S/C8H13NO6S/c1-14-7(10)3-4-8(11)15-6-5-9-16(2,12)13/h3-4,9H,5-6H2,1-2H3. The lowest BCUT2D eigenvalue weighted by atomic mass is 10.5. The van der Waals surface area contributed by atoms with E-state index in [-0.39, 0.29) is 13.2 Å². The Hall–Kier alpha value is -1.41. The summed E-state index contributed by atoms with van der Waals surface area (Å²) in [6, 6.07) is 0. The average molecular weight is 251 g/mol. The van der Waals surface area contributed by atoms with Crippen molar-refractivity contribution in [1.82, 2.24) is 4.72 Å².